The van der Waals surface area contributed by atoms with Gasteiger partial charge in [0.25, 0.3) is 0 Å². The standard InChI is InChI=1S/C26H30F2O/c1-3-6-19-9-11-20(12-10-19)7-4-5-8-21-13-15-22(16-14-21)23-17-18-24(29-2)26(28)25(23)27/h3-4,6-7,13-20H,5,8-12H2,1-2H3/b6-3+,7-4+. The SMILES string of the molecule is C/C=C/C1CCC(/C=C/CCc2ccc(-c3ccc(OC)c(F)c3F)cc2)CC1. The molecule has 3 rings (SSSR count). The Hall–Kier alpha value is -2.42. The van der Waals surface area contributed by atoms with E-state index in [1.165, 1.54) is 44.4 Å². The van der Waals surface area contributed by atoms with E-state index in [0.29, 0.717) is 11.5 Å². The van der Waals surface area contributed by atoms with Gasteiger partial charge in [-0.3, -0.25) is 0 Å². The first-order valence-corrected chi connectivity index (χ1v) is 10.5. The van der Waals surface area contributed by atoms with Crippen molar-refractivity contribution in [2.75, 3.05) is 7.11 Å². The molecule has 2 aromatic carbocycles. The van der Waals surface area contributed by atoms with Crippen LogP contribution in [0.25, 0.3) is 11.1 Å². The molecule has 2 aromatic rings. The molecule has 0 heterocycles. The monoisotopic (exact) mass is 396 g/mol. The lowest BCUT2D eigenvalue weighted by molar-refractivity contribution is 0.356. The normalized spacial score (nSPS) is 19.9. The molecule has 29 heavy (non-hydrogen) atoms. The predicted octanol–water partition coefficient (Wildman–Crippen LogP) is 7.51. The minimum Gasteiger partial charge on any atom is -0.494 e. The van der Waals surface area contributed by atoms with Crippen LogP contribution in [0, 0.1) is 23.5 Å². The van der Waals surface area contributed by atoms with Crippen molar-refractivity contribution < 1.29 is 13.5 Å². The van der Waals surface area contributed by atoms with E-state index >= 15 is 0 Å². The molecule has 3 heteroatoms. The maximum Gasteiger partial charge on any atom is 0.201 e. The van der Waals surface area contributed by atoms with Crippen molar-refractivity contribution >= 4 is 0 Å². The third-order valence-corrected chi connectivity index (χ3v) is 5.82. The van der Waals surface area contributed by atoms with Gasteiger partial charge in [0, 0.05) is 5.56 Å². The van der Waals surface area contributed by atoms with Gasteiger partial charge in [-0.05, 0) is 80.5 Å². The van der Waals surface area contributed by atoms with E-state index in [-0.39, 0.29) is 11.3 Å². The number of ether oxygens (including phenoxy) is 1. The fourth-order valence-corrected chi connectivity index (χ4v) is 4.10. The molecule has 0 bridgehead atoms. The Morgan fingerprint density at radius 3 is 2.17 bits per heavy atom. The average Bonchev–Trinajstić information content (AvgIpc) is 2.75. The first kappa shape index (κ1) is 21.3. The number of benzene rings is 2. The number of allylic oxidation sites excluding steroid dienone is 4. The summed E-state index contributed by atoms with van der Waals surface area (Å²) in [5.41, 5.74) is 2.12. The Kier molecular flexibility index (Phi) is 7.62. The zero-order valence-electron chi connectivity index (χ0n) is 17.3. The van der Waals surface area contributed by atoms with Gasteiger partial charge in [0.05, 0.1) is 7.11 Å². The first-order valence-electron chi connectivity index (χ1n) is 10.5. The molecule has 1 aliphatic rings. The van der Waals surface area contributed by atoms with Crippen molar-refractivity contribution in [3.8, 4) is 16.9 Å². The summed E-state index contributed by atoms with van der Waals surface area (Å²) < 4.78 is 33.0. The lowest BCUT2D eigenvalue weighted by atomic mass is 9.81. The molecular formula is C26H30F2O. The second-order valence-electron chi connectivity index (χ2n) is 7.81. The Morgan fingerprint density at radius 2 is 1.55 bits per heavy atom. The highest BCUT2D eigenvalue weighted by Crippen LogP contribution is 2.31. The van der Waals surface area contributed by atoms with Gasteiger partial charge in [-0.25, -0.2) is 4.39 Å². The molecule has 0 spiro atoms. The highest BCUT2D eigenvalue weighted by Gasteiger charge is 2.17. The first-order chi connectivity index (χ1) is 14.1. The van der Waals surface area contributed by atoms with Crippen LogP contribution < -0.4 is 4.74 Å². The number of hydrogen-bond donors (Lipinski definition) is 0. The molecule has 0 unspecified atom stereocenters. The van der Waals surface area contributed by atoms with Crippen LogP contribution in [0.15, 0.2) is 60.7 Å². The summed E-state index contributed by atoms with van der Waals surface area (Å²) in [4.78, 5) is 0. The number of rotatable bonds is 7. The van der Waals surface area contributed by atoms with Crippen LogP contribution in [0.4, 0.5) is 8.78 Å². The molecule has 154 valence electrons. The van der Waals surface area contributed by atoms with Gasteiger partial charge in [0.15, 0.2) is 11.6 Å². The maximum atomic E-state index is 14.3. The summed E-state index contributed by atoms with van der Waals surface area (Å²) in [6, 6.07) is 10.7. The molecule has 0 N–H and O–H groups in total. The van der Waals surface area contributed by atoms with Crippen molar-refractivity contribution in [1.29, 1.82) is 0 Å². The summed E-state index contributed by atoms with van der Waals surface area (Å²) in [5.74, 6) is -0.410. The molecule has 0 atom stereocenters. The second kappa shape index (κ2) is 10.4. The van der Waals surface area contributed by atoms with E-state index in [1.54, 1.807) is 6.07 Å². The van der Waals surface area contributed by atoms with Crippen LogP contribution in [0.1, 0.15) is 44.6 Å². The van der Waals surface area contributed by atoms with E-state index < -0.39 is 11.6 Å². The lowest BCUT2D eigenvalue weighted by Gasteiger charge is -2.24. The van der Waals surface area contributed by atoms with Gasteiger partial charge in [-0.1, -0.05) is 48.6 Å². The number of hydrogen-bond acceptors (Lipinski definition) is 1. The van der Waals surface area contributed by atoms with Gasteiger partial charge in [0.1, 0.15) is 0 Å². The summed E-state index contributed by atoms with van der Waals surface area (Å²) in [5, 5.41) is 0. The topological polar surface area (TPSA) is 9.23 Å². The van der Waals surface area contributed by atoms with E-state index in [1.807, 2.05) is 24.3 Å². The number of methoxy groups -OCH3 is 1. The smallest absolute Gasteiger partial charge is 0.201 e. The number of halogens is 2. The highest BCUT2D eigenvalue weighted by atomic mass is 19.2. The van der Waals surface area contributed by atoms with Crippen LogP contribution in [0.5, 0.6) is 5.75 Å². The van der Waals surface area contributed by atoms with Crippen LogP contribution in [0.3, 0.4) is 0 Å². The van der Waals surface area contributed by atoms with Gasteiger partial charge >= 0.3 is 0 Å². The third kappa shape index (κ3) is 5.56. The molecule has 0 aromatic heterocycles. The zero-order chi connectivity index (χ0) is 20.6. The molecule has 1 saturated carbocycles. The van der Waals surface area contributed by atoms with Crippen LogP contribution in [-0.2, 0) is 6.42 Å². The van der Waals surface area contributed by atoms with Crippen molar-refractivity contribution in [3.05, 3.63) is 77.9 Å². The molecule has 1 fully saturated rings. The Morgan fingerprint density at radius 1 is 0.897 bits per heavy atom. The van der Waals surface area contributed by atoms with Crippen molar-refractivity contribution in [2.45, 2.75) is 45.4 Å². The summed E-state index contributed by atoms with van der Waals surface area (Å²) in [7, 11) is 1.33. The summed E-state index contributed by atoms with van der Waals surface area (Å²) in [6.07, 6.45) is 16.3. The fourth-order valence-electron chi connectivity index (χ4n) is 4.10. The van der Waals surface area contributed by atoms with Gasteiger partial charge in [-0.2, -0.15) is 4.39 Å². The predicted molar refractivity (Wildman–Crippen MR) is 116 cm³/mol. The molecule has 0 aliphatic heterocycles. The molecule has 0 saturated heterocycles. The minimum absolute atomic E-state index is 0.0787. The Bertz CT molecular complexity index is 844. The average molecular weight is 397 g/mol. The van der Waals surface area contributed by atoms with Crippen molar-refractivity contribution in [3.63, 3.8) is 0 Å². The van der Waals surface area contributed by atoms with E-state index in [4.69, 9.17) is 4.74 Å². The molecule has 0 amide bonds. The van der Waals surface area contributed by atoms with Crippen LogP contribution in [0.2, 0.25) is 0 Å². The quantitative estimate of drug-likeness (QED) is 0.440. The van der Waals surface area contributed by atoms with Crippen LogP contribution in [-0.4, -0.2) is 7.11 Å². The summed E-state index contributed by atoms with van der Waals surface area (Å²) >= 11 is 0. The number of aryl methyl sites for hydroxylation is 1. The molecule has 1 aliphatic carbocycles. The van der Waals surface area contributed by atoms with E-state index in [2.05, 4.69) is 31.2 Å². The van der Waals surface area contributed by atoms with Crippen molar-refractivity contribution in [1.82, 2.24) is 0 Å². The highest BCUT2D eigenvalue weighted by molar-refractivity contribution is 5.65. The third-order valence-electron chi connectivity index (χ3n) is 5.82. The van der Waals surface area contributed by atoms with E-state index in [9.17, 15) is 8.78 Å². The lowest BCUT2D eigenvalue weighted by Crippen LogP contribution is -2.11. The minimum atomic E-state index is -0.945. The van der Waals surface area contributed by atoms with Gasteiger partial charge in [-0.15, -0.1) is 0 Å². The largest absolute Gasteiger partial charge is 0.494 e. The summed E-state index contributed by atoms with van der Waals surface area (Å²) in [6.45, 7) is 2.10. The molecule has 1 nitrogen and oxygen atoms in total. The Labute approximate surface area is 173 Å². The van der Waals surface area contributed by atoms with Crippen LogP contribution >= 0.6 is 0 Å². The molecule has 0 radical (unpaired) electrons. The van der Waals surface area contributed by atoms with Crippen molar-refractivity contribution in [2.24, 2.45) is 11.8 Å². The molecular weight excluding hydrogens is 366 g/mol. The maximum absolute atomic E-state index is 14.3. The van der Waals surface area contributed by atoms with Gasteiger partial charge < -0.3 is 4.74 Å². The Balaban J connectivity index is 1.52. The second-order valence-corrected chi connectivity index (χ2v) is 7.81. The van der Waals surface area contributed by atoms with Gasteiger partial charge in [0.2, 0.25) is 5.82 Å². The fraction of sp³-hybridized carbons (Fsp3) is 0.385. The zero-order valence-corrected chi connectivity index (χ0v) is 17.3. The van der Waals surface area contributed by atoms with E-state index in [0.717, 1.165) is 18.8 Å².